The quantitative estimate of drug-likeness (QED) is 0.697. The average Bonchev–Trinajstić information content (AvgIpc) is 2.96. The third kappa shape index (κ3) is 3.64. The van der Waals surface area contributed by atoms with Gasteiger partial charge in [0.25, 0.3) is 5.56 Å². The van der Waals surface area contributed by atoms with Crippen molar-refractivity contribution in [3.8, 4) is 10.6 Å². The number of amides is 1. The molecule has 2 aromatic heterocycles. The smallest absolute Gasteiger partial charge is 0.294 e. The van der Waals surface area contributed by atoms with Crippen LogP contribution >= 0.6 is 11.3 Å². The molecular formula is C20H22N4O2S. The molecule has 0 atom stereocenters. The molecule has 0 aliphatic carbocycles. The topological polar surface area (TPSA) is 68.1 Å². The minimum Gasteiger partial charge on any atom is -0.341 e. The lowest BCUT2D eigenvalue weighted by molar-refractivity contribution is -0.132. The van der Waals surface area contributed by atoms with E-state index in [0.29, 0.717) is 5.52 Å². The summed E-state index contributed by atoms with van der Waals surface area (Å²) in [5.74, 6) is -0.0382. The van der Waals surface area contributed by atoms with Gasteiger partial charge in [-0.25, -0.2) is 9.67 Å². The van der Waals surface area contributed by atoms with Crippen molar-refractivity contribution < 1.29 is 4.79 Å². The Kier molecular flexibility index (Phi) is 5.03. The van der Waals surface area contributed by atoms with Crippen LogP contribution in [0.25, 0.3) is 20.8 Å². The molecule has 6 nitrogen and oxygen atoms in total. The van der Waals surface area contributed by atoms with Crippen molar-refractivity contribution in [3.05, 3.63) is 46.4 Å². The van der Waals surface area contributed by atoms with E-state index in [9.17, 15) is 9.59 Å². The van der Waals surface area contributed by atoms with Gasteiger partial charge in [0.15, 0.2) is 5.52 Å². The van der Waals surface area contributed by atoms with Crippen LogP contribution < -0.4 is 5.56 Å². The number of thiazole rings is 1. The SMILES string of the molecule is Cc1nn(CC(=O)N2CCCCCC2)c(=O)c2nc(-c3ccccc3)sc12. The number of aryl methyl sites for hydroxylation is 1. The summed E-state index contributed by atoms with van der Waals surface area (Å²) in [4.78, 5) is 32.0. The molecule has 27 heavy (non-hydrogen) atoms. The summed E-state index contributed by atoms with van der Waals surface area (Å²) < 4.78 is 2.07. The normalized spacial score (nSPS) is 15.1. The molecule has 0 bridgehead atoms. The molecule has 0 radical (unpaired) electrons. The molecule has 0 unspecified atom stereocenters. The van der Waals surface area contributed by atoms with Crippen LogP contribution in [-0.4, -0.2) is 38.7 Å². The highest BCUT2D eigenvalue weighted by Crippen LogP contribution is 2.29. The molecule has 3 aromatic rings. The Labute approximate surface area is 161 Å². The summed E-state index contributed by atoms with van der Waals surface area (Å²) >= 11 is 1.47. The first-order valence-electron chi connectivity index (χ1n) is 9.35. The first-order valence-corrected chi connectivity index (χ1v) is 10.2. The maximum atomic E-state index is 12.9. The molecule has 1 aromatic carbocycles. The highest BCUT2D eigenvalue weighted by atomic mass is 32.1. The van der Waals surface area contributed by atoms with Crippen LogP contribution in [0.15, 0.2) is 35.1 Å². The Morgan fingerprint density at radius 3 is 2.52 bits per heavy atom. The van der Waals surface area contributed by atoms with E-state index in [1.54, 1.807) is 0 Å². The van der Waals surface area contributed by atoms with Gasteiger partial charge in [0.05, 0.1) is 10.4 Å². The average molecular weight is 382 g/mol. The van der Waals surface area contributed by atoms with Gasteiger partial charge in [0, 0.05) is 18.7 Å². The lowest BCUT2D eigenvalue weighted by Crippen LogP contribution is -2.38. The van der Waals surface area contributed by atoms with Crippen molar-refractivity contribution in [2.45, 2.75) is 39.2 Å². The van der Waals surface area contributed by atoms with Crippen molar-refractivity contribution in [2.24, 2.45) is 0 Å². The molecule has 140 valence electrons. The van der Waals surface area contributed by atoms with Crippen LogP contribution in [0, 0.1) is 6.92 Å². The van der Waals surface area contributed by atoms with E-state index in [-0.39, 0.29) is 18.0 Å². The summed E-state index contributed by atoms with van der Waals surface area (Å²) in [7, 11) is 0. The van der Waals surface area contributed by atoms with Gasteiger partial charge >= 0.3 is 0 Å². The van der Waals surface area contributed by atoms with Crippen molar-refractivity contribution in [3.63, 3.8) is 0 Å². The van der Waals surface area contributed by atoms with Crippen LogP contribution in [0.5, 0.6) is 0 Å². The highest BCUT2D eigenvalue weighted by Gasteiger charge is 2.20. The van der Waals surface area contributed by atoms with Crippen molar-refractivity contribution >= 4 is 27.5 Å². The fourth-order valence-electron chi connectivity index (χ4n) is 3.46. The molecule has 4 rings (SSSR count). The van der Waals surface area contributed by atoms with Crippen molar-refractivity contribution in [1.29, 1.82) is 0 Å². The zero-order valence-electron chi connectivity index (χ0n) is 15.4. The Morgan fingerprint density at radius 2 is 1.81 bits per heavy atom. The lowest BCUT2D eigenvalue weighted by Gasteiger charge is -2.20. The minimum absolute atomic E-state index is 0.0200. The number of rotatable bonds is 3. The molecule has 0 saturated carbocycles. The van der Waals surface area contributed by atoms with Crippen LogP contribution in [0.3, 0.4) is 0 Å². The second-order valence-corrected chi connectivity index (χ2v) is 7.91. The number of benzene rings is 1. The Hall–Kier alpha value is -2.54. The number of fused-ring (bicyclic) bond motifs is 1. The van der Waals surface area contributed by atoms with Crippen molar-refractivity contribution in [2.75, 3.05) is 13.1 Å². The molecule has 1 fully saturated rings. The van der Waals surface area contributed by atoms with Crippen LogP contribution in [0.2, 0.25) is 0 Å². The molecule has 0 N–H and O–H groups in total. The zero-order valence-corrected chi connectivity index (χ0v) is 16.2. The monoisotopic (exact) mass is 382 g/mol. The van der Waals surface area contributed by atoms with Gasteiger partial charge in [0.1, 0.15) is 11.6 Å². The van der Waals surface area contributed by atoms with Gasteiger partial charge in [-0.3, -0.25) is 9.59 Å². The number of hydrogen-bond donors (Lipinski definition) is 0. The molecule has 1 amide bonds. The fourth-order valence-corrected chi connectivity index (χ4v) is 4.47. The molecule has 3 heterocycles. The predicted molar refractivity (Wildman–Crippen MR) is 107 cm³/mol. The Bertz CT molecular complexity index is 1020. The standard InChI is InChI=1S/C20H22N4O2S/c1-14-18-17(21-19(27-18)15-9-5-4-6-10-15)20(26)24(22-14)13-16(25)23-11-7-2-3-8-12-23/h4-6,9-10H,2-3,7-8,11-13H2,1H3. The van der Waals surface area contributed by atoms with Crippen molar-refractivity contribution in [1.82, 2.24) is 19.7 Å². The number of likely N-dealkylation sites (tertiary alicyclic amines) is 1. The first kappa shape index (κ1) is 17.9. The predicted octanol–water partition coefficient (Wildman–Crippen LogP) is 3.23. The molecule has 1 saturated heterocycles. The lowest BCUT2D eigenvalue weighted by atomic mass is 10.2. The van der Waals surface area contributed by atoms with E-state index in [2.05, 4.69) is 10.1 Å². The Morgan fingerprint density at radius 1 is 1.11 bits per heavy atom. The number of carbonyl (C=O) groups is 1. The second kappa shape index (κ2) is 7.60. The number of nitrogens with zero attached hydrogens (tertiary/aromatic N) is 4. The minimum atomic E-state index is -0.294. The van der Waals surface area contributed by atoms with Crippen LogP contribution in [0.4, 0.5) is 0 Å². The van der Waals surface area contributed by atoms with E-state index in [0.717, 1.165) is 59.7 Å². The summed E-state index contributed by atoms with van der Waals surface area (Å²) in [6, 6.07) is 9.80. The van der Waals surface area contributed by atoms with Gasteiger partial charge in [-0.15, -0.1) is 11.3 Å². The van der Waals surface area contributed by atoms with E-state index >= 15 is 0 Å². The van der Waals surface area contributed by atoms with E-state index in [1.807, 2.05) is 42.2 Å². The summed E-state index contributed by atoms with van der Waals surface area (Å²) in [6.07, 6.45) is 4.37. The Balaban J connectivity index is 1.67. The second-order valence-electron chi connectivity index (χ2n) is 6.91. The molecule has 0 spiro atoms. The summed E-state index contributed by atoms with van der Waals surface area (Å²) in [5, 5.41) is 5.19. The fraction of sp³-hybridized carbons (Fsp3) is 0.400. The number of aromatic nitrogens is 3. The molecular weight excluding hydrogens is 360 g/mol. The third-order valence-corrected chi connectivity index (χ3v) is 6.14. The van der Waals surface area contributed by atoms with Crippen LogP contribution in [-0.2, 0) is 11.3 Å². The highest BCUT2D eigenvalue weighted by molar-refractivity contribution is 7.21. The van der Waals surface area contributed by atoms with Gasteiger partial charge in [-0.1, -0.05) is 43.2 Å². The van der Waals surface area contributed by atoms with E-state index < -0.39 is 0 Å². The summed E-state index contributed by atoms with van der Waals surface area (Å²) in [5.41, 5.74) is 1.81. The van der Waals surface area contributed by atoms with E-state index in [1.165, 1.54) is 16.0 Å². The number of carbonyl (C=O) groups excluding carboxylic acids is 1. The van der Waals surface area contributed by atoms with Gasteiger partial charge < -0.3 is 4.90 Å². The first-order chi connectivity index (χ1) is 13.1. The zero-order chi connectivity index (χ0) is 18.8. The summed E-state index contributed by atoms with van der Waals surface area (Å²) in [6.45, 7) is 3.38. The van der Waals surface area contributed by atoms with Gasteiger partial charge in [-0.2, -0.15) is 5.10 Å². The largest absolute Gasteiger partial charge is 0.341 e. The maximum absolute atomic E-state index is 12.9. The third-order valence-electron chi connectivity index (χ3n) is 4.93. The molecule has 1 aliphatic heterocycles. The van der Waals surface area contributed by atoms with Gasteiger partial charge in [0.2, 0.25) is 5.91 Å². The van der Waals surface area contributed by atoms with Crippen LogP contribution in [0.1, 0.15) is 31.4 Å². The van der Waals surface area contributed by atoms with Gasteiger partial charge in [-0.05, 0) is 19.8 Å². The van der Waals surface area contributed by atoms with E-state index in [4.69, 9.17) is 0 Å². The molecule has 7 heteroatoms. The molecule has 1 aliphatic rings. The maximum Gasteiger partial charge on any atom is 0.294 e. The number of hydrogen-bond acceptors (Lipinski definition) is 5.